The fraction of sp³-hybridized carbons (Fsp3) is 0. The van der Waals surface area contributed by atoms with Crippen molar-refractivity contribution < 1.29 is 0 Å². The number of benzene rings is 9. The van der Waals surface area contributed by atoms with Gasteiger partial charge in [-0.2, -0.15) is 0 Å². The number of para-hydroxylation sites is 1. The molecule has 0 aliphatic heterocycles. The van der Waals surface area contributed by atoms with Crippen LogP contribution in [0, 0.1) is 0 Å². The number of fused-ring (bicyclic) bond motifs is 8. The molecule has 256 valence electrons. The van der Waals surface area contributed by atoms with Crippen molar-refractivity contribution in [1.29, 1.82) is 0 Å². The molecule has 0 saturated carbocycles. The average Bonchev–Trinajstić information content (AvgIpc) is 3.62. The van der Waals surface area contributed by atoms with Crippen molar-refractivity contribution in [3.8, 4) is 50.6 Å². The molecule has 0 spiro atoms. The lowest BCUT2D eigenvalue weighted by molar-refractivity contribution is 1.17. The maximum absolute atomic E-state index is 5.34. The Morgan fingerprint density at radius 2 is 0.855 bits per heavy atom. The summed E-state index contributed by atoms with van der Waals surface area (Å²) < 4.78 is 2.40. The van der Waals surface area contributed by atoms with Gasteiger partial charge in [0.05, 0.1) is 22.2 Å². The van der Waals surface area contributed by atoms with Crippen molar-refractivity contribution in [2.75, 3.05) is 0 Å². The normalized spacial score (nSPS) is 11.6. The number of hydrogen-bond acceptors (Lipinski definition) is 2. The second kappa shape index (κ2) is 12.6. The number of rotatable bonds is 5. The first kappa shape index (κ1) is 31.2. The van der Waals surface area contributed by atoms with Crippen molar-refractivity contribution >= 4 is 54.3 Å². The molecule has 3 heteroatoms. The van der Waals surface area contributed by atoms with E-state index in [0.717, 1.165) is 39.0 Å². The molecule has 0 radical (unpaired) electrons. The van der Waals surface area contributed by atoms with Gasteiger partial charge in [0.2, 0.25) is 0 Å². The van der Waals surface area contributed by atoms with E-state index in [2.05, 4.69) is 205 Å². The first-order valence-electron chi connectivity index (χ1n) is 18.7. The topological polar surface area (TPSA) is 30.7 Å². The summed E-state index contributed by atoms with van der Waals surface area (Å²) in [6.45, 7) is 0. The van der Waals surface area contributed by atoms with E-state index in [9.17, 15) is 0 Å². The molecule has 11 rings (SSSR count). The zero-order valence-corrected chi connectivity index (χ0v) is 29.9. The van der Waals surface area contributed by atoms with Crippen LogP contribution in [0.15, 0.2) is 200 Å². The Bertz CT molecular complexity index is 3160. The molecule has 0 aliphatic rings. The second-order valence-corrected chi connectivity index (χ2v) is 14.2. The van der Waals surface area contributed by atoms with Crippen molar-refractivity contribution in [2.45, 2.75) is 0 Å². The van der Waals surface area contributed by atoms with E-state index in [1.54, 1.807) is 0 Å². The van der Waals surface area contributed by atoms with Gasteiger partial charge in [0.15, 0.2) is 5.82 Å². The van der Waals surface area contributed by atoms with Crippen molar-refractivity contribution in [3.63, 3.8) is 0 Å². The smallest absolute Gasteiger partial charge is 0.160 e. The molecule has 0 saturated heterocycles. The van der Waals surface area contributed by atoms with Gasteiger partial charge < -0.3 is 4.57 Å². The summed E-state index contributed by atoms with van der Waals surface area (Å²) >= 11 is 0. The number of aromatic nitrogens is 3. The highest BCUT2D eigenvalue weighted by atomic mass is 15.0. The van der Waals surface area contributed by atoms with Crippen LogP contribution < -0.4 is 0 Å². The zero-order chi connectivity index (χ0) is 36.3. The molecule has 0 amide bonds. The zero-order valence-electron chi connectivity index (χ0n) is 29.9. The first-order chi connectivity index (χ1) is 27.3. The largest absolute Gasteiger partial charge is 0.309 e. The van der Waals surface area contributed by atoms with Gasteiger partial charge in [-0.05, 0) is 80.2 Å². The molecule has 0 N–H and O–H groups in total. The third-order valence-electron chi connectivity index (χ3n) is 11.0. The molecule has 11 aromatic rings. The van der Waals surface area contributed by atoms with Gasteiger partial charge in [0, 0.05) is 33.0 Å². The molecule has 2 heterocycles. The fourth-order valence-electron chi connectivity index (χ4n) is 8.37. The van der Waals surface area contributed by atoms with Crippen LogP contribution in [-0.2, 0) is 0 Å². The predicted molar refractivity (Wildman–Crippen MR) is 231 cm³/mol. The van der Waals surface area contributed by atoms with Gasteiger partial charge in [-0.1, -0.05) is 164 Å². The summed E-state index contributed by atoms with van der Waals surface area (Å²) in [5, 5.41) is 8.56. The Morgan fingerprint density at radius 3 is 1.56 bits per heavy atom. The van der Waals surface area contributed by atoms with E-state index in [-0.39, 0.29) is 0 Å². The summed E-state index contributed by atoms with van der Waals surface area (Å²) in [6, 6.07) is 71.5. The summed E-state index contributed by atoms with van der Waals surface area (Å²) in [4.78, 5) is 10.5. The molecule has 0 bridgehead atoms. The van der Waals surface area contributed by atoms with E-state index in [4.69, 9.17) is 9.97 Å². The summed E-state index contributed by atoms with van der Waals surface area (Å²) in [7, 11) is 0. The lowest BCUT2D eigenvalue weighted by atomic mass is 9.97. The molecule has 0 unspecified atom stereocenters. The monoisotopic (exact) mass is 699 g/mol. The van der Waals surface area contributed by atoms with Crippen LogP contribution in [0.2, 0.25) is 0 Å². The molecule has 0 aliphatic carbocycles. The lowest BCUT2D eigenvalue weighted by Crippen LogP contribution is -1.98. The molecule has 55 heavy (non-hydrogen) atoms. The van der Waals surface area contributed by atoms with Gasteiger partial charge in [-0.15, -0.1) is 0 Å². The molecular weight excluding hydrogens is 667 g/mol. The Balaban J connectivity index is 1.06. The maximum atomic E-state index is 5.34. The summed E-state index contributed by atoms with van der Waals surface area (Å²) in [6.07, 6.45) is 0. The van der Waals surface area contributed by atoms with Crippen molar-refractivity contribution in [3.05, 3.63) is 200 Å². The molecule has 9 aromatic carbocycles. The van der Waals surface area contributed by atoms with E-state index >= 15 is 0 Å². The minimum atomic E-state index is 0.699. The third kappa shape index (κ3) is 5.20. The Labute approximate surface area is 318 Å². The first-order valence-corrected chi connectivity index (χ1v) is 18.7. The van der Waals surface area contributed by atoms with Crippen molar-refractivity contribution in [2.24, 2.45) is 0 Å². The van der Waals surface area contributed by atoms with E-state index in [1.807, 2.05) is 0 Å². The molecule has 2 aromatic heterocycles. The highest BCUT2D eigenvalue weighted by Crippen LogP contribution is 2.41. The van der Waals surface area contributed by atoms with E-state index in [1.165, 1.54) is 60.0 Å². The third-order valence-corrected chi connectivity index (χ3v) is 11.0. The quantitative estimate of drug-likeness (QED) is 0.179. The second-order valence-electron chi connectivity index (χ2n) is 14.2. The van der Waals surface area contributed by atoms with Crippen LogP contribution >= 0.6 is 0 Å². The highest BCUT2D eigenvalue weighted by molar-refractivity contribution is 6.28. The number of hydrogen-bond donors (Lipinski definition) is 0. The standard InChI is InChI=1S/C52H33N3/c1-2-12-34(13-3-1)35-24-26-36(27-25-35)39-16-10-17-40(32-39)51-45-22-8-9-23-46(45)53-52(54-51)41-18-11-19-42(33-41)55-47-30-28-37-14-4-6-20-43(37)49(47)50-44-21-7-5-15-38(44)29-31-48(50)55/h1-33H. The van der Waals surface area contributed by atoms with E-state index < -0.39 is 0 Å². The van der Waals surface area contributed by atoms with Gasteiger partial charge in [0.25, 0.3) is 0 Å². The van der Waals surface area contributed by atoms with Crippen LogP contribution in [0.5, 0.6) is 0 Å². The molecule has 3 nitrogen and oxygen atoms in total. The fourth-order valence-corrected chi connectivity index (χ4v) is 8.37. The van der Waals surface area contributed by atoms with Gasteiger partial charge in [0.1, 0.15) is 0 Å². The Kier molecular flexibility index (Phi) is 7.17. The van der Waals surface area contributed by atoms with E-state index in [0.29, 0.717) is 5.82 Å². The minimum Gasteiger partial charge on any atom is -0.309 e. The Hall–Kier alpha value is -7.36. The van der Waals surface area contributed by atoms with Crippen LogP contribution in [0.1, 0.15) is 0 Å². The summed E-state index contributed by atoms with van der Waals surface area (Å²) in [5.41, 5.74) is 12.0. The van der Waals surface area contributed by atoms with Crippen LogP contribution in [0.25, 0.3) is 105 Å². The summed E-state index contributed by atoms with van der Waals surface area (Å²) in [5.74, 6) is 0.699. The average molecular weight is 700 g/mol. The molecular formula is C52H33N3. The SMILES string of the molecule is c1ccc(-c2ccc(-c3cccc(-c4nc(-c5cccc(-n6c7ccc8ccccc8c7c7c8ccccc8ccc76)c5)nc5ccccc45)c3)cc2)cc1. The van der Waals surface area contributed by atoms with Gasteiger partial charge in [-0.25, -0.2) is 9.97 Å². The van der Waals surface area contributed by atoms with Crippen molar-refractivity contribution in [1.82, 2.24) is 14.5 Å². The minimum absolute atomic E-state index is 0.699. The number of nitrogens with zero attached hydrogens (tertiary/aromatic N) is 3. The van der Waals surface area contributed by atoms with Gasteiger partial charge in [-0.3, -0.25) is 0 Å². The molecule has 0 atom stereocenters. The van der Waals surface area contributed by atoms with Crippen LogP contribution in [-0.4, -0.2) is 14.5 Å². The molecule has 0 fully saturated rings. The van der Waals surface area contributed by atoms with Crippen LogP contribution in [0.4, 0.5) is 0 Å². The van der Waals surface area contributed by atoms with Gasteiger partial charge >= 0.3 is 0 Å². The maximum Gasteiger partial charge on any atom is 0.160 e. The highest BCUT2D eigenvalue weighted by Gasteiger charge is 2.19. The Morgan fingerprint density at radius 1 is 0.327 bits per heavy atom. The lowest BCUT2D eigenvalue weighted by Gasteiger charge is -2.13. The van der Waals surface area contributed by atoms with Crippen LogP contribution in [0.3, 0.4) is 0 Å². The predicted octanol–water partition coefficient (Wildman–Crippen LogP) is 13.7.